The van der Waals surface area contributed by atoms with Gasteiger partial charge in [0.15, 0.2) is 5.84 Å². The van der Waals surface area contributed by atoms with Crippen LogP contribution in [0.25, 0.3) is 0 Å². The molecule has 4 nitrogen and oxygen atoms in total. The van der Waals surface area contributed by atoms with E-state index in [1.165, 1.54) is 5.56 Å². The van der Waals surface area contributed by atoms with Crippen molar-refractivity contribution < 1.29 is 4.79 Å². The van der Waals surface area contributed by atoms with Crippen molar-refractivity contribution in [1.29, 1.82) is 0 Å². The van der Waals surface area contributed by atoms with Crippen molar-refractivity contribution in [3.8, 4) is 0 Å². The van der Waals surface area contributed by atoms with Gasteiger partial charge in [0, 0.05) is 32.1 Å². The van der Waals surface area contributed by atoms with Gasteiger partial charge in [-0.2, -0.15) is 0 Å². The number of nitrogens with zero attached hydrogens (tertiary/aromatic N) is 2. The fraction of sp³-hybridized carbons (Fsp3) is 0.467. The quantitative estimate of drug-likeness (QED) is 0.870. The molecule has 100 valence electrons. The third-order valence-corrected chi connectivity index (χ3v) is 3.85. The molecule has 1 N–H and O–H groups in total. The van der Waals surface area contributed by atoms with Crippen molar-refractivity contribution >= 4 is 11.7 Å². The Balaban J connectivity index is 1.66. The molecule has 1 atom stereocenters. The van der Waals surface area contributed by atoms with Crippen LogP contribution in [-0.4, -0.2) is 42.8 Å². The van der Waals surface area contributed by atoms with Crippen molar-refractivity contribution in [2.75, 3.05) is 26.2 Å². The largest absolute Gasteiger partial charge is 0.366 e. The summed E-state index contributed by atoms with van der Waals surface area (Å²) in [4.78, 5) is 18.5. The van der Waals surface area contributed by atoms with Gasteiger partial charge in [0.1, 0.15) is 0 Å². The monoisotopic (exact) mass is 257 g/mol. The van der Waals surface area contributed by atoms with Crippen molar-refractivity contribution in [2.24, 2.45) is 4.99 Å². The molecule has 1 aromatic rings. The number of benzene rings is 1. The first kappa shape index (κ1) is 12.2. The summed E-state index contributed by atoms with van der Waals surface area (Å²) in [7, 11) is 0. The summed E-state index contributed by atoms with van der Waals surface area (Å²) < 4.78 is 0. The van der Waals surface area contributed by atoms with Crippen molar-refractivity contribution in [2.45, 2.75) is 18.8 Å². The van der Waals surface area contributed by atoms with Crippen LogP contribution in [0.15, 0.2) is 35.3 Å². The number of hydrogen-bond acceptors (Lipinski definition) is 3. The highest BCUT2D eigenvalue weighted by Crippen LogP contribution is 2.26. The Labute approximate surface area is 113 Å². The molecule has 1 aromatic carbocycles. The lowest BCUT2D eigenvalue weighted by Crippen LogP contribution is -2.44. The Morgan fingerprint density at radius 1 is 1.32 bits per heavy atom. The Hall–Kier alpha value is -1.84. The molecule has 0 spiro atoms. The lowest BCUT2D eigenvalue weighted by molar-refractivity contribution is -0.123. The molecule has 2 heterocycles. The summed E-state index contributed by atoms with van der Waals surface area (Å²) in [5, 5.41) is 3.11. The molecule has 1 fully saturated rings. The number of carbonyl (C=O) groups excluding carboxylic acids is 1. The average Bonchev–Trinajstić information content (AvgIpc) is 2.98. The number of aliphatic imine (C=N–C) groups is 1. The molecule has 3 rings (SSSR count). The zero-order chi connectivity index (χ0) is 13.1. The summed E-state index contributed by atoms with van der Waals surface area (Å²) in [6.07, 6.45) is 2.06. The van der Waals surface area contributed by atoms with Gasteiger partial charge in [-0.1, -0.05) is 30.3 Å². The third-order valence-electron chi connectivity index (χ3n) is 3.85. The van der Waals surface area contributed by atoms with Crippen molar-refractivity contribution in [3.05, 3.63) is 35.9 Å². The van der Waals surface area contributed by atoms with E-state index in [0.717, 1.165) is 39.0 Å². The lowest BCUT2D eigenvalue weighted by atomic mass is 9.99. The molecule has 0 saturated carbocycles. The topological polar surface area (TPSA) is 44.7 Å². The highest BCUT2D eigenvalue weighted by atomic mass is 16.2. The number of nitrogens with one attached hydrogen (secondary N) is 1. The Morgan fingerprint density at radius 3 is 2.89 bits per heavy atom. The van der Waals surface area contributed by atoms with Gasteiger partial charge in [-0.25, -0.2) is 0 Å². The minimum absolute atomic E-state index is 0.0677. The van der Waals surface area contributed by atoms with Crippen LogP contribution in [0.5, 0.6) is 0 Å². The molecule has 19 heavy (non-hydrogen) atoms. The normalized spacial score (nSPS) is 22.8. The third kappa shape index (κ3) is 2.62. The van der Waals surface area contributed by atoms with E-state index in [9.17, 15) is 4.79 Å². The first-order valence-electron chi connectivity index (χ1n) is 6.97. The summed E-state index contributed by atoms with van der Waals surface area (Å²) in [5.74, 6) is 1.09. The van der Waals surface area contributed by atoms with Crippen LogP contribution in [-0.2, 0) is 4.79 Å². The van der Waals surface area contributed by atoms with E-state index in [1.54, 1.807) is 0 Å². The standard InChI is InChI=1S/C15H19N3O/c19-15(14-16-8-4-9-17-14)18-10-7-13(11-18)12-5-2-1-3-6-12/h1-3,5-6,13H,4,7-11H2,(H,16,17). The fourth-order valence-corrected chi connectivity index (χ4v) is 2.77. The highest BCUT2D eigenvalue weighted by molar-refractivity contribution is 6.37. The summed E-state index contributed by atoms with van der Waals surface area (Å²) in [5.41, 5.74) is 1.33. The number of amidine groups is 1. The molecule has 0 aliphatic carbocycles. The Bertz CT molecular complexity index is 483. The highest BCUT2D eigenvalue weighted by Gasteiger charge is 2.29. The average molecular weight is 257 g/mol. The van der Waals surface area contributed by atoms with E-state index in [1.807, 2.05) is 11.0 Å². The van der Waals surface area contributed by atoms with E-state index in [-0.39, 0.29) is 5.91 Å². The number of hydrogen-bond donors (Lipinski definition) is 1. The molecular weight excluding hydrogens is 238 g/mol. The predicted octanol–water partition coefficient (Wildman–Crippen LogP) is 1.39. The van der Waals surface area contributed by atoms with Crippen LogP contribution >= 0.6 is 0 Å². The zero-order valence-corrected chi connectivity index (χ0v) is 11.0. The van der Waals surface area contributed by atoms with Crippen LogP contribution < -0.4 is 5.32 Å². The van der Waals surface area contributed by atoms with Crippen LogP contribution in [0.1, 0.15) is 24.3 Å². The van der Waals surface area contributed by atoms with Crippen molar-refractivity contribution in [3.63, 3.8) is 0 Å². The first-order chi connectivity index (χ1) is 9.34. The van der Waals surface area contributed by atoms with Crippen molar-refractivity contribution in [1.82, 2.24) is 10.2 Å². The summed E-state index contributed by atoms with van der Waals surface area (Å²) >= 11 is 0. The molecule has 4 heteroatoms. The summed E-state index contributed by atoms with van der Waals surface area (Å²) in [6.45, 7) is 3.27. The van der Waals surface area contributed by atoms with Gasteiger partial charge in [0.2, 0.25) is 0 Å². The number of carbonyl (C=O) groups is 1. The van der Waals surface area contributed by atoms with Gasteiger partial charge in [-0.3, -0.25) is 9.79 Å². The van der Waals surface area contributed by atoms with E-state index in [2.05, 4.69) is 34.6 Å². The van der Waals surface area contributed by atoms with Crippen LogP contribution in [0, 0.1) is 0 Å². The molecule has 0 radical (unpaired) electrons. The van der Waals surface area contributed by atoms with Gasteiger partial charge in [0.25, 0.3) is 5.91 Å². The lowest BCUT2D eigenvalue weighted by Gasteiger charge is -2.20. The molecular formula is C15H19N3O. The predicted molar refractivity (Wildman–Crippen MR) is 75.3 cm³/mol. The molecule has 1 unspecified atom stereocenters. The van der Waals surface area contributed by atoms with Gasteiger partial charge >= 0.3 is 0 Å². The van der Waals surface area contributed by atoms with E-state index >= 15 is 0 Å². The molecule has 0 bridgehead atoms. The molecule has 1 saturated heterocycles. The molecule has 0 aromatic heterocycles. The number of rotatable bonds is 2. The minimum Gasteiger partial charge on any atom is -0.366 e. The second kappa shape index (κ2) is 5.43. The fourth-order valence-electron chi connectivity index (χ4n) is 2.77. The van der Waals surface area contributed by atoms with E-state index in [0.29, 0.717) is 11.8 Å². The van der Waals surface area contributed by atoms with E-state index in [4.69, 9.17) is 0 Å². The van der Waals surface area contributed by atoms with Gasteiger partial charge in [-0.15, -0.1) is 0 Å². The first-order valence-corrected chi connectivity index (χ1v) is 6.97. The molecule has 2 aliphatic rings. The van der Waals surface area contributed by atoms with Gasteiger partial charge in [0.05, 0.1) is 0 Å². The van der Waals surface area contributed by atoms with Crippen LogP contribution in [0.4, 0.5) is 0 Å². The molecule has 2 aliphatic heterocycles. The maximum atomic E-state index is 12.3. The Morgan fingerprint density at radius 2 is 2.16 bits per heavy atom. The smallest absolute Gasteiger partial charge is 0.288 e. The van der Waals surface area contributed by atoms with Crippen LogP contribution in [0.3, 0.4) is 0 Å². The van der Waals surface area contributed by atoms with Crippen LogP contribution in [0.2, 0.25) is 0 Å². The number of likely N-dealkylation sites (tertiary alicyclic amines) is 1. The maximum Gasteiger partial charge on any atom is 0.288 e. The van der Waals surface area contributed by atoms with E-state index < -0.39 is 0 Å². The van der Waals surface area contributed by atoms with Gasteiger partial charge in [-0.05, 0) is 18.4 Å². The maximum absolute atomic E-state index is 12.3. The van der Waals surface area contributed by atoms with Gasteiger partial charge < -0.3 is 10.2 Å². The summed E-state index contributed by atoms with van der Waals surface area (Å²) in [6, 6.07) is 10.4. The minimum atomic E-state index is 0.0677. The Kier molecular flexibility index (Phi) is 3.49. The SMILES string of the molecule is O=C(C1=NCCCN1)N1CCC(c2ccccc2)C1. The second-order valence-corrected chi connectivity index (χ2v) is 5.16. The molecule has 1 amide bonds. The number of amides is 1. The zero-order valence-electron chi connectivity index (χ0n) is 11.0. The second-order valence-electron chi connectivity index (χ2n) is 5.16.